The second-order valence-corrected chi connectivity index (χ2v) is 4.26. The molecular weight excluding hydrogens is 258 g/mol. The van der Waals surface area contributed by atoms with Crippen LogP contribution in [0.2, 0.25) is 0 Å². The Balaban J connectivity index is 2.03. The summed E-state index contributed by atoms with van der Waals surface area (Å²) in [6.45, 7) is 0.429. The first-order valence-electron chi connectivity index (χ1n) is 6.13. The summed E-state index contributed by atoms with van der Waals surface area (Å²) in [4.78, 5) is 13.7. The number of nitrogens with two attached hydrogens (primary N) is 1. The number of hydrogen-bond acceptors (Lipinski definition) is 5. The van der Waals surface area contributed by atoms with Crippen LogP contribution in [-0.2, 0) is 17.9 Å². The van der Waals surface area contributed by atoms with Crippen molar-refractivity contribution < 1.29 is 9.53 Å². The van der Waals surface area contributed by atoms with E-state index in [4.69, 9.17) is 10.5 Å². The molecule has 2 N–H and O–H groups in total. The van der Waals surface area contributed by atoms with Gasteiger partial charge in [0, 0.05) is 19.3 Å². The van der Waals surface area contributed by atoms with E-state index in [9.17, 15) is 4.79 Å². The molecule has 0 aliphatic heterocycles. The van der Waals surface area contributed by atoms with Crippen LogP contribution in [0.25, 0.3) is 0 Å². The first-order chi connectivity index (χ1) is 9.63. The van der Waals surface area contributed by atoms with E-state index >= 15 is 0 Å². The second kappa shape index (κ2) is 6.16. The Bertz CT molecular complexity index is 579. The van der Waals surface area contributed by atoms with Gasteiger partial charge in [0.2, 0.25) is 5.91 Å². The molecule has 0 fully saturated rings. The van der Waals surface area contributed by atoms with Gasteiger partial charge < -0.3 is 15.4 Å². The third-order valence-electron chi connectivity index (χ3n) is 2.93. The Morgan fingerprint density at radius 1 is 1.40 bits per heavy atom. The van der Waals surface area contributed by atoms with Gasteiger partial charge in [-0.15, -0.1) is 5.10 Å². The Morgan fingerprint density at radius 3 is 2.65 bits per heavy atom. The van der Waals surface area contributed by atoms with Gasteiger partial charge in [-0.2, -0.15) is 0 Å². The fourth-order valence-corrected chi connectivity index (χ4v) is 1.70. The predicted molar refractivity (Wildman–Crippen MR) is 74.3 cm³/mol. The Kier molecular flexibility index (Phi) is 4.31. The van der Waals surface area contributed by atoms with Crippen molar-refractivity contribution in [1.29, 1.82) is 0 Å². The third-order valence-corrected chi connectivity index (χ3v) is 2.93. The molecule has 7 nitrogen and oxygen atoms in total. The van der Waals surface area contributed by atoms with Crippen LogP contribution in [0, 0.1) is 0 Å². The normalized spacial score (nSPS) is 10.3. The van der Waals surface area contributed by atoms with Crippen molar-refractivity contribution in [2.24, 2.45) is 5.73 Å². The number of ether oxygens (including phenoxy) is 1. The number of amides is 1. The molecule has 7 heteroatoms. The smallest absolute Gasteiger partial charge is 0.248 e. The molecule has 0 atom stereocenters. The number of rotatable bonds is 5. The Labute approximate surface area is 116 Å². The van der Waals surface area contributed by atoms with Gasteiger partial charge in [0.05, 0.1) is 19.0 Å². The molecule has 20 heavy (non-hydrogen) atoms. The largest absolute Gasteiger partial charge is 0.497 e. The van der Waals surface area contributed by atoms with Crippen molar-refractivity contribution in [2.45, 2.75) is 13.1 Å². The van der Waals surface area contributed by atoms with E-state index in [0.29, 0.717) is 12.2 Å². The maximum absolute atomic E-state index is 12.1. The zero-order chi connectivity index (χ0) is 14.5. The maximum Gasteiger partial charge on any atom is 0.248 e. The summed E-state index contributed by atoms with van der Waals surface area (Å²) in [5, 5.41) is 7.69. The topological polar surface area (TPSA) is 86.3 Å². The lowest BCUT2D eigenvalue weighted by Crippen LogP contribution is -2.30. The average molecular weight is 275 g/mol. The molecule has 2 rings (SSSR count). The highest BCUT2D eigenvalue weighted by atomic mass is 16.5. The highest BCUT2D eigenvalue weighted by Crippen LogP contribution is 2.18. The molecule has 1 aromatic carbocycles. The lowest BCUT2D eigenvalue weighted by Gasteiger charge is -2.17. The molecule has 2 aromatic rings. The minimum atomic E-state index is -0.0939. The SMILES string of the molecule is COc1ccc(N(C)C(=O)Cn2cc(CN)nn2)cc1. The second-order valence-electron chi connectivity index (χ2n) is 4.26. The van der Waals surface area contributed by atoms with Gasteiger partial charge in [-0.05, 0) is 24.3 Å². The van der Waals surface area contributed by atoms with Gasteiger partial charge >= 0.3 is 0 Å². The van der Waals surface area contributed by atoms with Crippen molar-refractivity contribution in [3.8, 4) is 5.75 Å². The van der Waals surface area contributed by atoms with Gasteiger partial charge in [-0.3, -0.25) is 4.79 Å². The number of benzene rings is 1. The number of carbonyl (C=O) groups is 1. The van der Waals surface area contributed by atoms with E-state index in [2.05, 4.69) is 10.3 Å². The lowest BCUT2D eigenvalue weighted by atomic mass is 10.3. The molecule has 0 bridgehead atoms. The van der Waals surface area contributed by atoms with Crippen molar-refractivity contribution in [1.82, 2.24) is 15.0 Å². The Hall–Kier alpha value is -2.41. The van der Waals surface area contributed by atoms with Crippen LogP contribution in [-0.4, -0.2) is 35.1 Å². The number of methoxy groups -OCH3 is 1. The zero-order valence-corrected chi connectivity index (χ0v) is 11.5. The molecule has 0 saturated carbocycles. The molecule has 0 radical (unpaired) electrons. The van der Waals surface area contributed by atoms with E-state index < -0.39 is 0 Å². The monoisotopic (exact) mass is 275 g/mol. The van der Waals surface area contributed by atoms with Gasteiger partial charge in [-0.1, -0.05) is 5.21 Å². The third kappa shape index (κ3) is 3.12. The van der Waals surface area contributed by atoms with Crippen molar-refractivity contribution >= 4 is 11.6 Å². The summed E-state index contributed by atoms with van der Waals surface area (Å²) in [5.41, 5.74) is 6.89. The summed E-state index contributed by atoms with van der Waals surface area (Å²) >= 11 is 0. The number of carbonyl (C=O) groups excluding carboxylic acids is 1. The van der Waals surface area contributed by atoms with E-state index in [1.165, 1.54) is 4.68 Å². The van der Waals surface area contributed by atoms with Crippen LogP contribution in [0.1, 0.15) is 5.69 Å². The van der Waals surface area contributed by atoms with Crippen LogP contribution in [0.3, 0.4) is 0 Å². The van der Waals surface area contributed by atoms with E-state index in [-0.39, 0.29) is 12.5 Å². The quantitative estimate of drug-likeness (QED) is 0.854. The highest BCUT2D eigenvalue weighted by molar-refractivity contribution is 5.92. The summed E-state index contributed by atoms with van der Waals surface area (Å²) in [6, 6.07) is 7.26. The molecule has 0 aliphatic carbocycles. The minimum Gasteiger partial charge on any atom is -0.497 e. The lowest BCUT2D eigenvalue weighted by molar-refractivity contribution is -0.119. The van der Waals surface area contributed by atoms with Crippen LogP contribution in [0.15, 0.2) is 30.5 Å². The fraction of sp³-hybridized carbons (Fsp3) is 0.308. The number of nitrogens with zero attached hydrogens (tertiary/aromatic N) is 4. The molecule has 106 valence electrons. The van der Waals surface area contributed by atoms with E-state index in [0.717, 1.165) is 11.4 Å². The molecule has 1 heterocycles. The summed E-state index contributed by atoms with van der Waals surface area (Å²) in [5.74, 6) is 0.655. The van der Waals surface area contributed by atoms with Gasteiger partial charge in [-0.25, -0.2) is 4.68 Å². The summed E-state index contributed by atoms with van der Waals surface area (Å²) in [7, 11) is 3.31. The number of likely N-dealkylation sites (N-methyl/N-ethyl adjacent to an activating group) is 1. The number of anilines is 1. The highest BCUT2D eigenvalue weighted by Gasteiger charge is 2.12. The van der Waals surface area contributed by atoms with Crippen LogP contribution in [0.5, 0.6) is 5.75 Å². The summed E-state index contributed by atoms with van der Waals surface area (Å²) in [6.07, 6.45) is 1.67. The predicted octanol–water partition coefficient (Wildman–Crippen LogP) is 0.408. The van der Waals surface area contributed by atoms with Crippen molar-refractivity contribution in [3.63, 3.8) is 0 Å². The molecule has 0 unspecified atom stereocenters. The zero-order valence-electron chi connectivity index (χ0n) is 11.5. The number of aromatic nitrogens is 3. The number of hydrogen-bond donors (Lipinski definition) is 1. The van der Waals surface area contributed by atoms with E-state index in [1.807, 2.05) is 12.1 Å². The minimum absolute atomic E-state index is 0.0939. The average Bonchev–Trinajstić information content (AvgIpc) is 2.94. The Morgan fingerprint density at radius 2 is 2.10 bits per heavy atom. The fourth-order valence-electron chi connectivity index (χ4n) is 1.70. The molecular formula is C13H17N5O2. The molecule has 1 aromatic heterocycles. The summed E-state index contributed by atoms with van der Waals surface area (Å²) < 4.78 is 6.56. The van der Waals surface area contributed by atoms with Crippen molar-refractivity contribution in [2.75, 3.05) is 19.1 Å². The van der Waals surface area contributed by atoms with Crippen LogP contribution < -0.4 is 15.4 Å². The van der Waals surface area contributed by atoms with Gasteiger partial charge in [0.1, 0.15) is 12.3 Å². The molecule has 1 amide bonds. The van der Waals surface area contributed by atoms with Crippen LogP contribution >= 0.6 is 0 Å². The standard InChI is InChI=1S/C13H17N5O2/c1-17(11-3-5-12(20-2)6-4-11)13(19)9-18-8-10(7-14)15-16-18/h3-6,8H,7,9,14H2,1-2H3. The molecule has 0 spiro atoms. The molecule has 0 aliphatic rings. The first-order valence-corrected chi connectivity index (χ1v) is 6.13. The molecule has 0 saturated heterocycles. The van der Waals surface area contributed by atoms with Gasteiger partial charge in [0.25, 0.3) is 0 Å². The van der Waals surface area contributed by atoms with Crippen LogP contribution in [0.4, 0.5) is 5.69 Å². The van der Waals surface area contributed by atoms with Gasteiger partial charge in [0.15, 0.2) is 0 Å². The van der Waals surface area contributed by atoms with Crippen molar-refractivity contribution in [3.05, 3.63) is 36.2 Å². The maximum atomic E-state index is 12.1. The first kappa shape index (κ1) is 14.0. The van der Waals surface area contributed by atoms with E-state index in [1.54, 1.807) is 37.4 Å².